The summed E-state index contributed by atoms with van der Waals surface area (Å²) in [5, 5.41) is 2.86. The predicted molar refractivity (Wildman–Crippen MR) is 109 cm³/mol. The number of rotatable bonds is 8. The third-order valence-electron chi connectivity index (χ3n) is 4.08. The van der Waals surface area contributed by atoms with Crippen LogP contribution in [0.1, 0.15) is 31.0 Å². The number of hydrogen-bond acceptors (Lipinski definition) is 5. The summed E-state index contributed by atoms with van der Waals surface area (Å²) >= 11 is 0. The van der Waals surface area contributed by atoms with Crippen LogP contribution in [0.4, 0.5) is 0 Å². The maximum atomic E-state index is 12.2. The molecule has 1 N–H and O–H groups in total. The highest BCUT2D eigenvalue weighted by Crippen LogP contribution is 2.28. The lowest BCUT2D eigenvalue weighted by Gasteiger charge is -2.13. The third-order valence-corrected chi connectivity index (χ3v) is 5.21. The first-order valence-electron chi connectivity index (χ1n) is 8.84. The first-order chi connectivity index (χ1) is 13.2. The van der Waals surface area contributed by atoms with Crippen molar-refractivity contribution in [3.8, 4) is 11.5 Å². The van der Waals surface area contributed by atoms with E-state index in [4.69, 9.17) is 9.47 Å². The van der Waals surface area contributed by atoms with E-state index in [0.29, 0.717) is 18.1 Å². The van der Waals surface area contributed by atoms with Gasteiger partial charge in [-0.25, -0.2) is 8.42 Å². The van der Waals surface area contributed by atoms with E-state index in [1.807, 2.05) is 19.9 Å². The van der Waals surface area contributed by atoms with Crippen molar-refractivity contribution in [1.29, 1.82) is 0 Å². The van der Waals surface area contributed by atoms with Crippen LogP contribution in [0.3, 0.4) is 0 Å². The molecule has 2 aromatic rings. The number of ether oxygens (including phenoxy) is 2. The summed E-state index contributed by atoms with van der Waals surface area (Å²) in [5.74, 6) is 0.995. The molecule has 1 amide bonds. The lowest BCUT2D eigenvalue weighted by atomic mass is 10.1. The molecule has 0 bridgehead atoms. The van der Waals surface area contributed by atoms with E-state index in [2.05, 4.69) is 5.32 Å². The van der Waals surface area contributed by atoms with Gasteiger partial charge in [-0.2, -0.15) is 0 Å². The van der Waals surface area contributed by atoms with Crippen LogP contribution in [0.15, 0.2) is 53.4 Å². The largest absolute Gasteiger partial charge is 0.493 e. The molecule has 0 aliphatic rings. The van der Waals surface area contributed by atoms with Crippen LogP contribution >= 0.6 is 0 Å². The van der Waals surface area contributed by atoms with Gasteiger partial charge in [-0.15, -0.1) is 0 Å². The zero-order valence-corrected chi connectivity index (χ0v) is 17.2. The molecule has 0 aromatic heterocycles. The van der Waals surface area contributed by atoms with E-state index in [9.17, 15) is 13.2 Å². The van der Waals surface area contributed by atoms with Crippen LogP contribution < -0.4 is 14.8 Å². The normalized spacial score (nSPS) is 12.6. The first-order valence-corrected chi connectivity index (χ1v) is 10.7. The fourth-order valence-corrected chi connectivity index (χ4v) is 3.22. The van der Waals surface area contributed by atoms with Gasteiger partial charge in [0.05, 0.1) is 24.7 Å². The summed E-state index contributed by atoms with van der Waals surface area (Å²) in [5.41, 5.74) is 1.63. The zero-order chi connectivity index (χ0) is 20.7. The molecule has 6 nitrogen and oxygen atoms in total. The summed E-state index contributed by atoms with van der Waals surface area (Å²) in [7, 11) is -1.66. The molecule has 0 heterocycles. The Labute approximate surface area is 166 Å². The number of benzene rings is 2. The number of carbonyl (C=O) groups is 1. The molecule has 28 heavy (non-hydrogen) atoms. The molecule has 7 heteroatoms. The van der Waals surface area contributed by atoms with Gasteiger partial charge in [-0.3, -0.25) is 4.79 Å². The fraction of sp³-hybridized carbons (Fsp3) is 0.286. The Morgan fingerprint density at radius 2 is 1.82 bits per heavy atom. The monoisotopic (exact) mass is 403 g/mol. The highest BCUT2D eigenvalue weighted by molar-refractivity contribution is 7.90. The molecule has 0 saturated heterocycles. The Bertz CT molecular complexity index is 949. The topological polar surface area (TPSA) is 81.7 Å². The van der Waals surface area contributed by atoms with Gasteiger partial charge in [0, 0.05) is 12.3 Å². The van der Waals surface area contributed by atoms with E-state index in [1.165, 1.54) is 18.2 Å². The van der Waals surface area contributed by atoms with Gasteiger partial charge in [0.25, 0.3) is 0 Å². The molecule has 2 rings (SSSR count). The predicted octanol–water partition coefficient (Wildman–Crippen LogP) is 3.39. The van der Waals surface area contributed by atoms with Crippen molar-refractivity contribution >= 4 is 21.8 Å². The minimum atomic E-state index is -3.24. The second-order valence-electron chi connectivity index (χ2n) is 6.25. The van der Waals surface area contributed by atoms with E-state index in [-0.39, 0.29) is 16.8 Å². The van der Waals surface area contributed by atoms with Crippen molar-refractivity contribution in [2.75, 3.05) is 20.0 Å². The van der Waals surface area contributed by atoms with Gasteiger partial charge >= 0.3 is 0 Å². The van der Waals surface area contributed by atoms with Crippen molar-refractivity contribution in [3.63, 3.8) is 0 Å². The molecular weight excluding hydrogens is 378 g/mol. The number of sulfone groups is 1. The average Bonchev–Trinajstić information content (AvgIpc) is 2.66. The minimum Gasteiger partial charge on any atom is -0.493 e. The molecule has 1 unspecified atom stereocenters. The standard InChI is InChI=1S/C21H25NO5S/c1-5-27-20-14-16(6-12-19(20)26-3)7-13-21(23)22-15(2)17-8-10-18(11-9-17)28(4,24)25/h6-15H,5H2,1-4H3,(H,22,23)/b13-7+. The minimum absolute atomic E-state index is 0.249. The van der Waals surface area contributed by atoms with E-state index < -0.39 is 9.84 Å². The molecule has 0 saturated carbocycles. The number of nitrogens with one attached hydrogen (secondary N) is 1. The second kappa shape index (κ2) is 9.41. The van der Waals surface area contributed by atoms with Crippen molar-refractivity contribution in [2.45, 2.75) is 24.8 Å². The highest BCUT2D eigenvalue weighted by atomic mass is 32.2. The molecule has 0 aliphatic heterocycles. The molecule has 0 radical (unpaired) electrons. The smallest absolute Gasteiger partial charge is 0.244 e. The number of hydrogen-bond donors (Lipinski definition) is 1. The van der Waals surface area contributed by atoms with Gasteiger partial charge in [0.15, 0.2) is 21.3 Å². The Balaban J connectivity index is 2.04. The maximum Gasteiger partial charge on any atom is 0.244 e. The maximum absolute atomic E-state index is 12.2. The van der Waals surface area contributed by atoms with Crippen LogP contribution in [0.2, 0.25) is 0 Å². The first kappa shape index (κ1) is 21.5. The molecule has 0 spiro atoms. The molecule has 0 aliphatic carbocycles. The highest BCUT2D eigenvalue weighted by Gasteiger charge is 2.11. The van der Waals surface area contributed by atoms with Crippen LogP contribution in [0, 0.1) is 0 Å². The Morgan fingerprint density at radius 1 is 1.14 bits per heavy atom. The van der Waals surface area contributed by atoms with Crippen molar-refractivity contribution in [2.24, 2.45) is 0 Å². The number of amides is 1. The summed E-state index contributed by atoms with van der Waals surface area (Å²) in [6, 6.07) is 11.6. The Hall–Kier alpha value is -2.80. The van der Waals surface area contributed by atoms with Gasteiger partial charge in [0.1, 0.15) is 0 Å². The van der Waals surface area contributed by atoms with Gasteiger partial charge in [0.2, 0.25) is 5.91 Å². The van der Waals surface area contributed by atoms with Crippen LogP contribution in [0.25, 0.3) is 6.08 Å². The number of carbonyl (C=O) groups excluding carboxylic acids is 1. The summed E-state index contributed by atoms with van der Waals surface area (Å²) < 4.78 is 33.8. The van der Waals surface area contributed by atoms with Crippen molar-refractivity contribution in [3.05, 3.63) is 59.7 Å². The van der Waals surface area contributed by atoms with Crippen LogP contribution in [-0.4, -0.2) is 34.3 Å². The summed E-state index contributed by atoms with van der Waals surface area (Å²) in [6.07, 6.45) is 4.30. The fourth-order valence-electron chi connectivity index (χ4n) is 2.59. The van der Waals surface area contributed by atoms with Crippen LogP contribution in [-0.2, 0) is 14.6 Å². The molecule has 0 fully saturated rings. The third kappa shape index (κ3) is 5.85. The molecule has 1 atom stereocenters. The van der Waals surface area contributed by atoms with E-state index >= 15 is 0 Å². The van der Waals surface area contributed by atoms with Crippen LogP contribution in [0.5, 0.6) is 11.5 Å². The summed E-state index contributed by atoms with van der Waals surface area (Å²) in [6.45, 7) is 4.24. The molecule has 2 aromatic carbocycles. The second-order valence-corrected chi connectivity index (χ2v) is 8.26. The number of methoxy groups -OCH3 is 1. The van der Waals surface area contributed by atoms with E-state index in [1.54, 1.807) is 37.5 Å². The van der Waals surface area contributed by atoms with Gasteiger partial charge < -0.3 is 14.8 Å². The van der Waals surface area contributed by atoms with Crippen molar-refractivity contribution < 1.29 is 22.7 Å². The SMILES string of the molecule is CCOc1cc(/C=C/C(=O)NC(C)c2ccc(S(C)(=O)=O)cc2)ccc1OC. The van der Waals surface area contributed by atoms with E-state index in [0.717, 1.165) is 17.4 Å². The quantitative estimate of drug-likeness (QED) is 0.683. The van der Waals surface area contributed by atoms with Crippen molar-refractivity contribution in [1.82, 2.24) is 5.32 Å². The average molecular weight is 404 g/mol. The zero-order valence-electron chi connectivity index (χ0n) is 16.4. The lowest BCUT2D eigenvalue weighted by molar-refractivity contribution is -0.117. The van der Waals surface area contributed by atoms with Gasteiger partial charge in [-0.1, -0.05) is 18.2 Å². The Morgan fingerprint density at radius 3 is 2.39 bits per heavy atom. The lowest BCUT2D eigenvalue weighted by Crippen LogP contribution is -2.24. The summed E-state index contributed by atoms with van der Waals surface area (Å²) in [4.78, 5) is 12.5. The molecular formula is C21H25NO5S. The molecule has 150 valence electrons. The Kier molecular flexibility index (Phi) is 7.23. The van der Waals surface area contributed by atoms with Gasteiger partial charge in [-0.05, 0) is 55.3 Å².